The number of nitrogens with one attached hydrogen (secondary N) is 2. The van der Waals surface area contributed by atoms with Crippen LogP contribution in [-0.4, -0.2) is 50.3 Å². The van der Waals surface area contributed by atoms with Crippen molar-refractivity contribution in [2.24, 2.45) is 0 Å². The maximum atomic E-state index is 14.5. The van der Waals surface area contributed by atoms with Crippen LogP contribution >= 0.6 is 0 Å². The van der Waals surface area contributed by atoms with E-state index in [1.54, 1.807) is 12.1 Å². The molecule has 0 unspecified atom stereocenters. The molecule has 0 aliphatic carbocycles. The lowest BCUT2D eigenvalue weighted by molar-refractivity contribution is 0.256. The monoisotopic (exact) mass is 542 g/mol. The molecule has 0 fully saturated rings. The molecule has 0 saturated heterocycles. The summed E-state index contributed by atoms with van der Waals surface area (Å²) in [6.07, 6.45) is 1.87. The number of sulfonamides is 1. The number of rotatable bonds is 12. The lowest BCUT2D eigenvalue weighted by Gasteiger charge is -2.21. The van der Waals surface area contributed by atoms with E-state index in [1.165, 1.54) is 25.4 Å². The standard InChI is InChI=1S/C28H35FN4O4S/c1-5-33(19-21-10-7-6-8-11-21)14-9-15-38(35,36)32-28(34)31-27-24(20(2)3)17-23(29)18-25(27)22-12-13-30-26(16-22)37-4/h6-8,10-13,16-18,20H,5,9,14-15,19H2,1-4H3,(H2,31,32,34). The van der Waals surface area contributed by atoms with Gasteiger partial charge in [-0.25, -0.2) is 27.3 Å². The van der Waals surface area contributed by atoms with Gasteiger partial charge >= 0.3 is 6.03 Å². The van der Waals surface area contributed by atoms with Gasteiger partial charge in [-0.1, -0.05) is 51.1 Å². The molecule has 0 aliphatic rings. The Balaban J connectivity index is 1.71. The summed E-state index contributed by atoms with van der Waals surface area (Å²) in [5.74, 6) is -0.511. The number of hydrogen-bond donors (Lipinski definition) is 2. The molecule has 38 heavy (non-hydrogen) atoms. The Morgan fingerprint density at radius 2 is 1.87 bits per heavy atom. The van der Waals surface area contributed by atoms with Crippen LogP contribution in [0.1, 0.15) is 44.2 Å². The number of amides is 2. The van der Waals surface area contributed by atoms with Crippen molar-refractivity contribution >= 4 is 21.7 Å². The van der Waals surface area contributed by atoms with Crippen molar-refractivity contribution in [1.29, 1.82) is 0 Å². The number of ether oxygens (including phenoxy) is 1. The number of anilines is 1. The average molecular weight is 543 g/mol. The van der Waals surface area contributed by atoms with Crippen molar-refractivity contribution in [3.8, 4) is 17.0 Å². The molecule has 2 N–H and O–H groups in total. The highest BCUT2D eigenvalue weighted by Gasteiger charge is 2.21. The first-order valence-electron chi connectivity index (χ1n) is 12.5. The first kappa shape index (κ1) is 29.1. The molecule has 0 atom stereocenters. The van der Waals surface area contributed by atoms with Gasteiger partial charge < -0.3 is 10.1 Å². The summed E-state index contributed by atoms with van der Waals surface area (Å²) in [6.45, 7) is 7.80. The number of pyridine rings is 1. The van der Waals surface area contributed by atoms with Crippen LogP contribution in [0.25, 0.3) is 11.1 Å². The molecule has 3 aromatic rings. The SMILES string of the molecule is CCN(CCCS(=O)(=O)NC(=O)Nc1c(-c2ccnc(OC)c2)cc(F)cc1C(C)C)Cc1ccccc1. The van der Waals surface area contributed by atoms with Gasteiger partial charge in [0.25, 0.3) is 0 Å². The van der Waals surface area contributed by atoms with E-state index in [4.69, 9.17) is 4.74 Å². The normalized spacial score (nSPS) is 11.6. The summed E-state index contributed by atoms with van der Waals surface area (Å²) < 4.78 is 47.2. The molecule has 1 heterocycles. The second kappa shape index (κ2) is 13.3. The maximum Gasteiger partial charge on any atom is 0.332 e. The first-order chi connectivity index (χ1) is 18.1. The predicted molar refractivity (Wildman–Crippen MR) is 148 cm³/mol. The number of methoxy groups -OCH3 is 1. The summed E-state index contributed by atoms with van der Waals surface area (Å²) >= 11 is 0. The van der Waals surface area contributed by atoms with Gasteiger partial charge in [0.15, 0.2) is 0 Å². The van der Waals surface area contributed by atoms with Crippen LogP contribution in [0.2, 0.25) is 0 Å². The molecule has 0 saturated carbocycles. The largest absolute Gasteiger partial charge is 0.481 e. The number of hydrogen-bond acceptors (Lipinski definition) is 6. The number of nitrogens with zero attached hydrogens (tertiary/aromatic N) is 2. The number of carbonyl (C=O) groups excluding carboxylic acids is 1. The second-order valence-corrected chi connectivity index (χ2v) is 11.1. The number of urea groups is 1. The van der Waals surface area contributed by atoms with Crippen LogP contribution in [0.3, 0.4) is 0 Å². The fourth-order valence-electron chi connectivity index (χ4n) is 4.14. The highest BCUT2D eigenvalue weighted by Crippen LogP contribution is 2.36. The van der Waals surface area contributed by atoms with Crippen LogP contribution in [0.4, 0.5) is 14.9 Å². The van der Waals surface area contributed by atoms with Crippen molar-refractivity contribution in [2.45, 2.75) is 39.7 Å². The third-order valence-electron chi connectivity index (χ3n) is 6.08. The van der Waals surface area contributed by atoms with Crippen LogP contribution < -0.4 is 14.8 Å². The summed E-state index contributed by atoms with van der Waals surface area (Å²) in [5.41, 5.74) is 2.96. The molecule has 2 aromatic carbocycles. The molecule has 0 bridgehead atoms. The van der Waals surface area contributed by atoms with Crippen molar-refractivity contribution in [3.63, 3.8) is 0 Å². The fraction of sp³-hybridized carbons (Fsp3) is 0.357. The van der Waals surface area contributed by atoms with E-state index in [0.717, 1.165) is 18.7 Å². The predicted octanol–water partition coefficient (Wildman–Crippen LogP) is 5.38. The van der Waals surface area contributed by atoms with Gasteiger partial charge in [-0.3, -0.25) is 4.90 Å². The van der Waals surface area contributed by atoms with Gasteiger partial charge in [-0.05, 0) is 60.3 Å². The van der Waals surface area contributed by atoms with Gasteiger partial charge in [0.05, 0.1) is 18.6 Å². The molecule has 8 nitrogen and oxygen atoms in total. The number of halogens is 1. The topological polar surface area (TPSA) is 101 Å². The Morgan fingerprint density at radius 1 is 1.13 bits per heavy atom. The zero-order chi connectivity index (χ0) is 27.7. The summed E-state index contributed by atoms with van der Waals surface area (Å²) in [7, 11) is -2.43. The molecular formula is C28H35FN4O4S. The van der Waals surface area contributed by atoms with Crippen molar-refractivity contribution in [1.82, 2.24) is 14.6 Å². The zero-order valence-corrected chi connectivity index (χ0v) is 23.0. The van der Waals surface area contributed by atoms with Gasteiger partial charge in [0, 0.05) is 24.4 Å². The van der Waals surface area contributed by atoms with E-state index in [1.807, 2.05) is 51.1 Å². The van der Waals surface area contributed by atoms with E-state index in [2.05, 4.69) is 19.9 Å². The van der Waals surface area contributed by atoms with Crippen molar-refractivity contribution in [3.05, 3.63) is 77.7 Å². The smallest absolute Gasteiger partial charge is 0.332 e. The Morgan fingerprint density at radius 3 is 2.53 bits per heavy atom. The number of carbonyl (C=O) groups is 1. The van der Waals surface area contributed by atoms with Gasteiger partial charge in [0.1, 0.15) is 5.82 Å². The van der Waals surface area contributed by atoms with Crippen LogP contribution in [0.5, 0.6) is 5.88 Å². The molecule has 10 heteroatoms. The summed E-state index contributed by atoms with van der Waals surface area (Å²) in [4.78, 5) is 19.1. The minimum Gasteiger partial charge on any atom is -0.481 e. The Hall–Kier alpha value is -3.50. The van der Waals surface area contributed by atoms with E-state index in [9.17, 15) is 17.6 Å². The number of benzene rings is 2. The third kappa shape index (κ3) is 8.26. The van der Waals surface area contributed by atoms with Gasteiger partial charge in [0.2, 0.25) is 15.9 Å². The highest BCUT2D eigenvalue weighted by atomic mass is 32.2. The second-order valence-electron chi connectivity index (χ2n) is 9.24. The molecular weight excluding hydrogens is 507 g/mol. The number of aromatic nitrogens is 1. The highest BCUT2D eigenvalue weighted by molar-refractivity contribution is 7.90. The van der Waals surface area contributed by atoms with Crippen molar-refractivity contribution in [2.75, 3.05) is 31.3 Å². The van der Waals surface area contributed by atoms with Crippen LogP contribution in [0, 0.1) is 5.82 Å². The Labute approximate surface area is 224 Å². The Bertz CT molecular complexity index is 1330. The lowest BCUT2D eigenvalue weighted by Crippen LogP contribution is -2.37. The summed E-state index contributed by atoms with van der Waals surface area (Å²) in [5, 5.41) is 2.66. The molecule has 0 radical (unpaired) electrons. The molecule has 1 aromatic heterocycles. The molecule has 0 aliphatic heterocycles. The van der Waals surface area contributed by atoms with Crippen LogP contribution in [0.15, 0.2) is 60.8 Å². The van der Waals surface area contributed by atoms with E-state index < -0.39 is 21.9 Å². The van der Waals surface area contributed by atoms with E-state index in [-0.39, 0.29) is 11.7 Å². The maximum absolute atomic E-state index is 14.5. The zero-order valence-electron chi connectivity index (χ0n) is 22.2. The van der Waals surface area contributed by atoms with Crippen molar-refractivity contribution < 1.29 is 22.3 Å². The summed E-state index contributed by atoms with van der Waals surface area (Å²) in [6, 6.07) is 15.0. The minimum atomic E-state index is -3.90. The Kier molecular flexibility index (Phi) is 10.2. The molecule has 0 spiro atoms. The molecule has 3 rings (SSSR count). The van der Waals surface area contributed by atoms with E-state index in [0.29, 0.717) is 41.2 Å². The average Bonchev–Trinajstić information content (AvgIpc) is 2.88. The fourth-order valence-corrected chi connectivity index (χ4v) is 5.08. The molecule has 2 amide bonds. The van der Waals surface area contributed by atoms with Gasteiger partial charge in [-0.15, -0.1) is 0 Å². The minimum absolute atomic E-state index is 0.148. The lowest BCUT2D eigenvalue weighted by atomic mass is 9.94. The molecule has 204 valence electrons. The van der Waals surface area contributed by atoms with E-state index >= 15 is 0 Å². The quantitative estimate of drug-likeness (QED) is 0.319. The third-order valence-corrected chi connectivity index (χ3v) is 7.40. The van der Waals surface area contributed by atoms with Crippen LogP contribution in [-0.2, 0) is 16.6 Å². The van der Waals surface area contributed by atoms with Gasteiger partial charge in [-0.2, -0.15) is 0 Å². The first-order valence-corrected chi connectivity index (χ1v) is 14.2.